The third kappa shape index (κ3) is 9.20. The van der Waals surface area contributed by atoms with Crippen molar-refractivity contribution in [2.45, 2.75) is 84.0 Å². The van der Waals surface area contributed by atoms with Crippen LogP contribution in [-0.2, 0) is 4.74 Å². The number of aromatic nitrogens is 1. The maximum Gasteiger partial charge on any atom is 0.356 e. The number of hydrogen-bond donors (Lipinski definition) is 1. The molecule has 1 heterocycles. The molecule has 144 valence electrons. The summed E-state index contributed by atoms with van der Waals surface area (Å²) >= 11 is 6.09. The molecule has 0 atom stereocenters. The molecule has 1 aromatic rings. The summed E-state index contributed by atoms with van der Waals surface area (Å²) in [6.07, 6.45) is 17.4. The molecule has 0 unspecified atom stereocenters. The van der Waals surface area contributed by atoms with E-state index in [1.165, 1.54) is 77.7 Å². The van der Waals surface area contributed by atoms with Gasteiger partial charge in [0.15, 0.2) is 5.75 Å². The van der Waals surface area contributed by atoms with Crippen LogP contribution in [0.1, 0.15) is 94.5 Å². The van der Waals surface area contributed by atoms with Gasteiger partial charge < -0.3 is 14.5 Å². The first kappa shape index (κ1) is 21.9. The molecule has 0 aromatic carbocycles. The number of halogens is 1. The number of hydrogen-bond acceptors (Lipinski definition) is 3. The predicted molar refractivity (Wildman–Crippen MR) is 104 cm³/mol. The minimum Gasteiger partial charge on any atom is -0.490 e. The number of carbonyl (C=O) groups excluding carboxylic acids is 1. The Morgan fingerprint density at radius 2 is 1.48 bits per heavy atom. The molecule has 0 amide bonds. The van der Waals surface area contributed by atoms with Crippen LogP contribution in [0.25, 0.3) is 0 Å². The Hall–Kier alpha value is -1.16. The number of unbranched alkanes of at least 4 members (excludes halogenated alkanes) is 11. The van der Waals surface area contributed by atoms with Crippen LogP contribution in [0, 0.1) is 0 Å². The van der Waals surface area contributed by atoms with Gasteiger partial charge in [0.2, 0.25) is 0 Å². The first-order valence-electron chi connectivity index (χ1n) is 9.78. The van der Waals surface area contributed by atoms with E-state index in [-0.39, 0.29) is 5.69 Å². The summed E-state index contributed by atoms with van der Waals surface area (Å²) in [6.45, 7) is 2.88. The molecule has 0 spiro atoms. The van der Waals surface area contributed by atoms with E-state index in [2.05, 4.69) is 16.6 Å². The molecule has 4 nitrogen and oxygen atoms in total. The van der Waals surface area contributed by atoms with Crippen molar-refractivity contribution in [3.63, 3.8) is 0 Å². The minimum absolute atomic E-state index is 0.244. The lowest BCUT2D eigenvalue weighted by Gasteiger charge is -2.05. The molecule has 25 heavy (non-hydrogen) atoms. The lowest BCUT2D eigenvalue weighted by molar-refractivity contribution is 0.0595. The van der Waals surface area contributed by atoms with Crippen molar-refractivity contribution in [3.05, 3.63) is 16.9 Å². The van der Waals surface area contributed by atoms with Gasteiger partial charge in [0.25, 0.3) is 0 Å². The fourth-order valence-corrected chi connectivity index (χ4v) is 3.11. The fraction of sp³-hybridized carbons (Fsp3) is 0.750. The van der Waals surface area contributed by atoms with Crippen LogP contribution in [0.15, 0.2) is 6.20 Å². The van der Waals surface area contributed by atoms with Gasteiger partial charge in [-0.15, -0.1) is 0 Å². The predicted octanol–water partition coefficient (Wildman–Crippen LogP) is 6.53. The van der Waals surface area contributed by atoms with Crippen molar-refractivity contribution < 1.29 is 14.3 Å². The third-order valence-corrected chi connectivity index (χ3v) is 4.80. The lowest BCUT2D eigenvalue weighted by Crippen LogP contribution is -2.02. The largest absolute Gasteiger partial charge is 0.490 e. The number of nitrogens with one attached hydrogen (secondary N) is 1. The van der Waals surface area contributed by atoms with Crippen molar-refractivity contribution in [3.8, 4) is 5.75 Å². The van der Waals surface area contributed by atoms with Gasteiger partial charge >= 0.3 is 5.97 Å². The average Bonchev–Trinajstić information content (AvgIpc) is 2.99. The van der Waals surface area contributed by atoms with Crippen molar-refractivity contribution in [1.29, 1.82) is 0 Å². The van der Waals surface area contributed by atoms with E-state index in [1.807, 2.05) is 0 Å². The molecule has 1 rings (SSSR count). The van der Waals surface area contributed by atoms with Crippen LogP contribution in [0.5, 0.6) is 5.75 Å². The number of carbonyl (C=O) groups is 1. The number of rotatable bonds is 15. The Morgan fingerprint density at radius 3 is 2.00 bits per heavy atom. The van der Waals surface area contributed by atoms with Gasteiger partial charge in [-0.3, -0.25) is 0 Å². The highest BCUT2D eigenvalue weighted by molar-refractivity contribution is 6.34. The number of aromatic amines is 1. The lowest BCUT2D eigenvalue weighted by atomic mass is 10.1. The molecule has 0 bridgehead atoms. The van der Waals surface area contributed by atoms with Crippen LogP contribution in [0.4, 0.5) is 0 Å². The molecule has 0 aliphatic carbocycles. The second-order valence-corrected chi connectivity index (χ2v) is 6.95. The number of methoxy groups -OCH3 is 1. The normalized spacial score (nSPS) is 10.8. The summed E-state index contributed by atoms with van der Waals surface area (Å²) in [5, 5.41) is 0.297. The van der Waals surface area contributed by atoms with E-state index >= 15 is 0 Å². The van der Waals surface area contributed by atoms with Crippen molar-refractivity contribution in [2.75, 3.05) is 13.7 Å². The molecule has 0 saturated heterocycles. The van der Waals surface area contributed by atoms with E-state index in [9.17, 15) is 4.79 Å². The molecule has 5 heteroatoms. The molecule has 0 saturated carbocycles. The van der Waals surface area contributed by atoms with E-state index in [0.717, 1.165) is 6.42 Å². The minimum atomic E-state index is -0.481. The van der Waals surface area contributed by atoms with Gasteiger partial charge in [-0.05, 0) is 6.42 Å². The number of H-pyrrole nitrogens is 1. The maximum atomic E-state index is 11.4. The Balaban J connectivity index is 1.95. The molecular weight excluding hydrogens is 338 g/mol. The SMILES string of the molecule is CCCCCCCCCCCCCCOc1c[nH]c(C(=O)OC)c1Cl. The quantitative estimate of drug-likeness (QED) is 0.281. The van der Waals surface area contributed by atoms with Gasteiger partial charge in [0.05, 0.1) is 13.7 Å². The smallest absolute Gasteiger partial charge is 0.356 e. The van der Waals surface area contributed by atoms with E-state index in [4.69, 9.17) is 16.3 Å². The monoisotopic (exact) mass is 371 g/mol. The zero-order chi connectivity index (χ0) is 18.3. The zero-order valence-electron chi connectivity index (χ0n) is 15.9. The standard InChI is InChI=1S/C20H34ClNO3/c1-3-4-5-6-7-8-9-10-11-12-13-14-15-25-17-16-22-19(18(17)21)20(23)24-2/h16,22H,3-15H2,1-2H3. The summed E-state index contributed by atoms with van der Waals surface area (Å²) in [6, 6.07) is 0. The van der Waals surface area contributed by atoms with Gasteiger partial charge in [-0.1, -0.05) is 89.2 Å². The highest BCUT2D eigenvalue weighted by atomic mass is 35.5. The Bertz CT molecular complexity index is 474. The summed E-state index contributed by atoms with van der Waals surface area (Å²) in [7, 11) is 1.33. The summed E-state index contributed by atoms with van der Waals surface area (Å²) in [5.74, 6) is 0.0374. The van der Waals surface area contributed by atoms with Crippen molar-refractivity contribution in [2.24, 2.45) is 0 Å². The number of ether oxygens (including phenoxy) is 2. The molecule has 1 N–H and O–H groups in total. The average molecular weight is 372 g/mol. The second kappa shape index (κ2) is 14.1. The van der Waals surface area contributed by atoms with E-state index in [1.54, 1.807) is 6.20 Å². The molecule has 0 aliphatic heterocycles. The van der Waals surface area contributed by atoms with Crippen LogP contribution in [0.3, 0.4) is 0 Å². The first-order chi connectivity index (χ1) is 12.2. The highest BCUT2D eigenvalue weighted by Gasteiger charge is 2.17. The van der Waals surface area contributed by atoms with Gasteiger partial charge in [0, 0.05) is 6.20 Å². The van der Waals surface area contributed by atoms with Crippen molar-refractivity contribution in [1.82, 2.24) is 4.98 Å². The topological polar surface area (TPSA) is 51.3 Å². The first-order valence-corrected chi connectivity index (χ1v) is 10.2. The highest BCUT2D eigenvalue weighted by Crippen LogP contribution is 2.28. The summed E-state index contributed by atoms with van der Waals surface area (Å²) < 4.78 is 10.3. The van der Waals surface area contributed by atoms with Crippen molar-refractivity contribution >= 4 is 17.6 Å². The van der Waals surface area contributed by atoms with E-state index in [0.29, 0.717) is 17.4 Å². The van der Waals surface area contributed by atoms with Crippen LogP contribution in [-0.4, -0.2) is 24.7 Å². The van der Waals surface area contributed by atoms with Crippen LogP contribution < -0.4 is 4.74 Å². The molecule has 0 aliphatic rings. The van der Waals surface area contributed by atoms with Crippen LogP contribution in [0.2, 0.25) is 5.02 Å². The van der Waals surface area contributed by atoms with Gasteiger partial charge in [-0.2, -0.15) is 0 Å². The van der Waals surface area contributed by atoms with E-state index < -0.39 is 5.97 Å². The third-order valence-electron chi connectivity index (χ3n) is 4.43. The number of esters is 1. The van der Waals surface area contributed by atoms with Crippen LogP contribution >= 0.6 is 11.6 Å². The maximum absolute atomic E-state index is 11.4. The Labute approximate surface area is 157 Å². The summed E-state index contributed by atoms with van der Waals surface area (Å²) in [4.78, 5) is 14.2. The molecule has 1 aromatic heterocycles. The second-order valence-electron chi connectivity index (χ2n) is 6.57. The molecule has 0 fully saturated rings. The zero-order valence-corrected chi connectivity index (χ0v) is 16.6. The molecule has 0 radical (unpaired) electrons. The fourth-order valence-electron chi connectivity index (χ4n) is 2.87. The molecular formula is C20H34ClNO3. The van der Waals surface area contributed by atoms with Gasteiger partial charge in [0.1, 0.15) is 10.7 Å². The Kier molecular flexibility index (Phi) is 12.3. The summed E-state index contributed by atoms with van der Waals surface area (Å²) in [5.41, 5.74) is 0.244. The Morgan fingerprint density at radius 1 is 0.960 bits per heavy atom. The van der Waals surface area contributed by atoms with Gasteiger partial charge in [-0.25, -0.2) is 4.79 Å².